The van der Waals surface area contributed by atoms with Crippen molar-refractivity contribution < 1.29 is 23.1 Å². The lowest BCUT2D eigenvalue weighted by atomic mass is 10.3. The topological polar surface area (TPSA) is 61.8 Å². The molecule has 2 unspecified atom stereocenters. The van der Waals surface area contributed by atoms with Gasteiger partial charge in [0.05, 0.1) is 0 Å². The number of ketones is 1. The summed E-state index contributed by atoms with van der Waals surface area (Å²) >= 11 is 0. The molecule has 0 saturated heterocycles. The first-order valence-corrected chi connectivity index (χ1v) is 7.21. The minimum atomic E-state index is -3.49. The molecule has 0 aromatic heterocycles. The Labute approximate surface area is 121 Å². The summed E-state index contributed by atoms with van der Waals surface area (Å²) in [6.45, 7) is 2.89. The van der Waals surface area contributed by atoms with Crippen LogP contribution >= 0.6 is 7.60 Å². The number of carbonyl (C=O) groups excluding carboxylic acids is 1. The van der Waals surface area contributed by atoms with Crippen molar-refractivity contribution in [2.75, 3.05) is 13.5 Å². The number of Topliss-reactive ketones (excluding diaryl/α,β-unsaturated/α-hetero) is 1. The molecule has 0 radical (unpaired) electrons. The third-order valence-corrected chi connectivity index (χ3v) is 3.87. The molecule has 0 heterocycles. The molecule has 0 aliphatic rings. The Bertz CT molecular complexity index is 432. The molecular weight excluding hydrogens is 279 g/mol. The molecule has 6 heteroatoms. The zero-order chi connectivity index (χ0) is 13.6. The maximum atomic E-state index is 12.4. The van der Waals surface area contributed by atoms with Gasteiger partial charge in [0, 0.05) is 7.11 Å². The van der Waals surface area contributed by atoms with Crippen LogP contribution in [0, 0.1) is 0 Å². The quantitative estimate of drug-likeness (QED) is 0.709. The van der Waals surface area contributed by atoms with E-state index >= 15 is 0 Å². The van der Waals surface area contributed by atoms with E-state index in [0.29, 0.717) is 5.75 Å². The highest BCUT2D eigenvalue weighted by molar-refractivity contribution is 7.54. The van der Waals surface area contributed by atoms with Gasteiger partial charge in [-0.25, -0.2) is 4.57 Å². The van der Waals surface area contributed by atoms with Crippen LogP contribution < -0.4 is 4.52 Å². The molecule has 0 spiro atoms. The van der Waals surface area contributed by atoms with E-state index < -0.39 is 13.7 Å². The maximum absolute atomic E-state index is 12.4. The van der Waals surface area contributed by atoms with Crippen LogP contribution in [0.4, 0.5) is 0 Å². The fourth-order valence-electron chi connectivity index (χ4n) is 1.19. The summed E-state index contributed by atoms with van der Waals surface area (Å²) in [5, 5.41) is 0. The van der Waals surface area contributed by atoms with Crippen LogP contribution in [0.25, 0.3) is 0 Å². The molecule has 0 fully saturated rings. The van der Waals surface area contributed by atoms with Gasteiger partial charge in [0.1, 0.15) is 11.9 Å². The van der Waals surface area contributed by atoms with Crippen molar-refractivity contribution in [3.8, 4) is 5.75 Å². The van der Waals surface area contributed by atoms with Crippen LogP contribution in [-0.4, -0.2) is 25.3 Å². The van der Waals surface area contributed by atoms with Crippen molar-refractivity contribution in [3.05, 3.63) is 30.3 Å². The van der Waals surface area contributed by atoms with Gasteiger partial charge in [0.2, 0.25) is 0 Å². The summed E-state index contributed by atoms with van der Waals surface area (Å²) < 4.78 is 27.7. The first-order chi connectivity index (χ1) is 8.47. The summed E-state index contributed by atoms with van der Waals surface area (Å²) in [4.78, 5) is 11.1. The van der Waals surface area contributed by atoms with Crippen molar-refractivity contribution in [2.45, 2.75) is 34.8 Å². The van der Waals surface area contributed by atoms with Crippen LogP contribution in [0.15, 0.2) is 30.3 Å². The molecule has 0 bridgehead atoms. The second kappa shape index (κ2) is 9.70. The average molecular weight is 304 g/mol. The normalized spacial score (nSPS) is 14.2. The lowest BCUT2D eigenvalue weighted by Gasteiger charge is -2.21. The molecule has 0 aliphatic heterocycles. The predicted molar refractivity (Wildman–Crippen MR) is 81.2 cm³/mol. The molecular formula is C14H25O5P. The van der Waals surface area contributed by atoms with Crippen LogP contribution in [0.2, 0.25) is 0 Å². The summed E-state index contributed by atoms with van der Waals surface area (Å²) in [5.41, 5.74) is 0. The van der Waals surface area contributed by atoms with Gasteiger partial charge in [-0.1, -0.05) is 33.1 Å². The van der Waals surface area contributed by atoms with Crippen LogP contribution in [-0.2, 0) is 18.6 Å². The Morgan fingerprint density at radius 2 is 1.80 bits per heavy atom. The van der Waals surface area contributed by atoms with Gasteiger partial charge in [-0.15, -0.1) is 0 Å². The van der Waals surface area contributed by atoms with Crippen LogP contribution in [0.5, 0.6) is 5.75 Å². The van der Waals surface area contributed by atoms with E-state index in [9.17, 15) is 9.36 Å². The third kappa shape index (κ3) is 6.85. The SMILES string of the molecule is C.C.COCP(=O)(Oc1ccccc1)OC(C)C(C)=O. The molecule has 0 aliphatic carbocycles. The van der Waals surface area contributed by atoms with Gasteiger partial charge >= 0.3 is 7.60 Å². The largest absolute Gasteiger partial charge is 0.423 e. The zero-order valence-electron chi connectivity index (χ0n) is 10.7. The molecule has 0 N–H and O–H groups in total. The van der Waals surface area contributed by atoms with Gasteiger partial charge in [-0.3, -0.25) is 9.32 Å². The highest BCUT2D eigenvalue weighted by Crippen LogP contribution is 2.49. The number of para-hydroxylation sites is 1. The lowest BCUT2D eigenvalue weighted by Crippen LogP contribution is -2.19. The highest BCUT2D eigenvalue weighted by atomic mass is 31.2. The molecule has 1 aromatic carbocycles. The predicted octanol–water partition coefficient (Wildman–Crippen LogP) is 4.13. The van der Waals surface area contributed by atoms with E-state index in [4.69, 9.17) is 13.8 Å². The number of methoxy groups -OCH3 is 1. The summed E-state index contributed by atoms with van der Waals surface area (Å²) in [5.74, 6) is 0.191. The Kier molecular flexibility index (Phi) is 10.3. The molecule has 2 atom stereocenters. The van der Waals surface area contributed by atoms with Crippen molar-refractivity contribution in [1.29, 1.82) is 0 Å². The van der Waals surface area contributed by atoms with E-state index in [1.54, 1.807) is 24.3 Å². The first kappa shape index (κ1) is 21.1. The molecule has 5 nitrogen and oxygen atoms in total. The highest BCUT2D eigenvalue weighted by Gasteiger charge is 2.30. The Balaban J connectivity index is 0. The summed E-state index contributed by atoms with van der Waals surface area (Å²) in [7, 11) is -2.10. The van der Waals surface area contributed by atoms with Crippen molar-refractivity contribution >= 4 is 13.4 Å². The summed E-state index contributed by atoms with van der Waals surface area (Å²) in [6, 6.07) is 8.63. The number of hydrogen-bond acceptors (Lipinski definition) is 5. The van der Waals surface area contributed by atoms with Gasteiger partial charge < -0.3 is 9.26 Å². The fraction of sp³-hybridized carbons (Fsp3) is 0.500. The number of benzene rings is 1. The smallest absolute Gasteiger partial charge is 0.405 e. The van der Waals surface area contributed by atoms with Gasteiger partial charge in [-0.2, -0.15) is 0 Å². The van der Waals surface area contributed by atoms with Gasteiger partial charge in [-0.05, 0) is 26.0 Å². The Morgan fingerprint density at radius 1 is 1.25 bits per heavy atom. The van der Waals surface area contributed by atoms with Crippen molar-refractivity contribution in [1.82, 2.24) is 0 Å². The molecule has 0 saturated carbocycles. The Morgan fingerprint density at radius 3 is 2.25 bits per heavy atom. The molecule has 1 rings (SSSR count). The van der Waals surface area contributed by atoms with E-state index in [1.165, 1.54) is 21.0 Å². The van der Waals surface area contributed by atoms with E-state index in [2.05, 4.69) is 0 Å². The van der Waals surface area contributed by atoms with Crippen molar-refractivity contribution in [2.24, 2.45) is 0 Å². The molecule has 1 aromatic rings. The minimum absolute atomic E-state index is 0. The number of carbonyl (C=O) groups is 1. The van der Waals surface area contributed by atoms with Gasteiger partial charge in [0.25, 0.3) is 0 Å². The fourth-order valence-corrected chi connectivity index (χ4v) is 2.74. The zero-order valence-corrected chi connectivity index (χ0v) is 11.6. The minimum Gasteiger partial charge on any atom is -0.423 e. The second-order valence-corrected chi connectivity index (χ2v) is 5.66. The number of hydrogen-bond donors (Lipinski definition) is 0. The third-order valence-electron chi connectivity index (χ3n) is 2.17. The first-order valence-electron chi connectivity index (χ1n) is 5.48. The van der Waals surface area contributed by atoms with Crippen LogP contribution in [0.3, 0.4) is 0 Å². The number of rotatable bonds is 7. The van der Waals surface area contributed by atoms with E-state index in [0.717, 1.165) is 0 Å². The molecule has 116 valence electrons. The monoisotopic (exact) mass is 304 g/mol. The second-order valence-electron chi connectivity index (χ2n) is 3.79. The summed E-state index contributed by atoms with van der Waals surface area (Å²) in [6.07, 6.45) is -1.01. The van der Waals surface area contributed by atoms with E-state index in [1.807, 2.05) is 6.07 Å². The Hall–Kier alpha value is -1.16. The van der Waals surface area contributed by atoms with Gasteiger partial charge in [0.15, 0.2) is 12.1 Å². The number of ether oxygens (including phenoxy) is 1. The maximum Gasteiger partial charge on any atom is 0.405 e. The standard InChI is InChI=1S/C12H17O5P.2CH4/c1-10(13)11(2)16-18(14,9-15-3)17-12-7-5-4-6-8-12;;/h4-8,11H,9H2,1-3H3;2*1H4. The lowest BCUT2D eigenvalue weighted by molar-refractivity contribution is -0.123. The van der Waals surface area contributed by atoms with Crippen molar-refractivity contribution in [3.63, 3.8) is 0 Å². The average Bonchev–Trinajstić information content (AvgIpc) is 2.29. The van der Waals surface area contributed by atoms with Crippen LogP contribution in [0.1, 0.15) is 28.7 Å². The molecule has 0 amide bonds. The van der Waals surface area contributed by atoms with E-state index in [-0.39, 0.29) is 27.0 Å². The molecule has 20 heavy (non-hydrogen) atoms.